The van der Waals surface area contributed by atoms with E-state index in [1.807, 2.05) is 62.4 Å². The predicted octanol–water partition coefficient (Wildman–Crippen LogP) is 5.41. The highest BCUT2D eigenvalue weighted by Crippen LogP contribution is 2.27. The number of carbonyl (C=O) groups is 2. The number of para-hydroxylation sites is 2. The SMILES string of the molecule is CCc1nc2ccccc2c(C(=O)OCC(=O)Nc2ccccc2[C@H](C)CC)c1C. The minimum atomic E-state index is -0.508. The molecule has 0 saturated carbocycles. The first-order chi connectivity index (χ1) is 14.5. The number of nitrogens with zero attached hydrogens (tertiary/aromatic N) is 1. The maximum atomic E-state index is 12.9. The first-order valence-corrected chi connectivity index (χ1v) is 10.4. The topological polar surface area (TPSA) is 68.3 Å². The smallest absolute Gasteiger partial charge is 0.339 e. The number of aromatic nitrogens is 1. The fraction of sp³-hybridized carbons (Fsp3) is 0.320. The van der Waals surface area contributed by atoms with Gasteiger partial charge in [0.15, 0.2) is 6.61 Å². The van der Waals surface area contributed by atoms with Crippen LogP contribution in [0.25, 0.3) is 10.9 Å². The van der Waals surface area contributed by atoms with Gasteiger partial charge in [-0.05, 0) is 48.9 Å². The number of nitrogens with one attached hydrogen (secondary N) is 1. The Hall–Kier alpha value is -3.21. The summed E-state index contributed by atoms with van der Waals surface area (Å²) >= 11 is 0. The van der Waals surface area contributed by atoms with E-state index >= 15 is 0 Å². The number of fused-ring (bicyclic) bond motifs is 1. The summed E-state index contributed by atoms with van der Waals surface area (Å²) < 4.78 is 5.40. The number of hydrogen-bond donors (Lipinski definition) is 1. The van der Waals surface area contributed by atoms with Gasteiger partial charge in [-0.2, -0.15) is 0 Å². The second kappa shape index (κ2) is 9.53. The molecule has 0 bridgehead atoms. The van der Waals surface area contributed by atoms with Crippen LogP contribution in [0.15, 0.2) is 48.5 Å². The Morgan fingerprint density at radius 3 is 2.50 bits per heavy atom. The highest BCUT2D eigenvalue weighted by Gasteiger charge is 2.20. The molecule has 1 heterocycles. The van der Waals surface area contributed by atoms with Gasteiger partial charge in [0.25, 0.3) is 5.91 Å². The van der Waals surface area contributed by atoms with E-state index in [1.54, 1.807) is 0 Å². The van der Waals surface area contributed by atoms with Crippen molar-refractivity contribution in [3.63, 3.8) is 0 Å². The largest absolute Gasteiger partial charge is 0.452 e. The van der Waals surface area contributed by atoms with E-state index in [-0.39, 0.29) is 12.5 Å². The molecular formula is C25H28N2O3. The highest BCUT2D eigenvalue weighted by atomic mass is 16.5. The molecule has 5 nitrogen and oxygen atoms in total. The van der Waals surface area contributed by atoms with Gasteiger partial charge in [0.05, 0.1) is 11.1 Å². The summed E-state index contributed by atoms with van der Waals surface area (Å²) in [6.45, 7) is 7.76. The van der Waals surface area contributed by atoms with Gasteiger partial charge in [0, 0.05) is 16.8 Å². The number of pyridine rings is 1. The Morgan fingerprint density at radius 1 is 1.07 bits per heavy atom. The number of anilines is 1. The van der Waals surface area contributed by atoms with Crippen molar-refractivity contribution in [1.29, 1.82) is 0 Å². The zero-order valence-electron chi connectivity index (χ0n) is 18.0. The first-order valence-electron chi connectivity index (χ1n) is 10.4. The van der Waals surface area contributed by atoms with Crippen LogP contribution < -0.4 is 5.32 Å². The van der Waals surface area contributed by atoms with Crippen LogP contribution in [0.3, 0.4) is 0 Å². The van der Waals surface area contributed by atoms with Crippen molar-refractivity contribution in [1.82, 2.24) is 4.98 Å². The van der Waals surface area contributed by atoms with Crippen LogP contribution in [0.4, 0.5) is 5.69 Å². The van der Waals surface area contributed by atoms with E-state index in [9.17, 15) is 9.59 Å². The van der Waals surface area contributed by atoms with Crippen LogP contribution in [-0.4, -0.2) is 23.5 Å². The number of amides is 1. The Morgan fingerprint density at radius 2 is 1.77 bits per heavy atom. The quantitative estimate of drug-likeness (QED) is 0.534. The number of hydrogen-bond acceptors (Lipinski definition) is 4. The van der Waals surface area contributed by atoms with E-state index in [2.05, 4.69) is 24.1 Å². The third-order valence-electron chi connectivity index (χ3n) is 5.49. The minimum absolute atomic E-state index is 0.322. The number of aryl methyl sites for hydroxylation is 1. The molecule has 0 unspecified atom stereocenters. The van der Waals surface area contributed by atoms with Crippen molar-refractivity contribution < 1.29 is 14.3 Å². The normalized spacial score (nSPS) is 11.9. The van der Waals surface area contributed by atoms with Crippen LogP contribution in [0.1, 0.15) is 60.3 Å². The van der Waals surface area contributed by atoms with Gasteiger partial charge in [-0.1, -0.05) is 57.2 Å². The Bertz CT molecular complexity index is 1080. The molecule has 5 heteroatoms. The zero-order valence-corrected chi connectivity index (χ0v) is 18.0. The van der Waals surface area contributed by atoms with Crippen LogP contribution in [0.5, 0.6) is 0 Å². The Labute approximate surface area is 177 Å². The van der Waals surface area contributed by atoms with Crippen LogP contribution >= 0.6 is 0 Å². The average Bonchev–Trinajstić information content (AvgIpc) is 2.76. The van der Waals surface area contributed by atoms with E-state index in [0.717, 1.165) is 39.8 Å². The molecule has 1 amide bonds. The summed E-state index contributed by atoms with van der Waals surface area (Å²) in [6, 6.07) is 15.2. The number of rotatable bonds is 7. The maximum absolute atomic E-state index is 12.9. The first kappa shape index (κ1) is 21.5. The summed E-state index contributed by atoms with van der Waals surface area (Å²) in [6.07, 6.45) is 1.68. The monoisotopic (exact) mass is 404 g/mol. The van der Waals surface area contributed by atoms with Crippen molar-refractivity contribution >= 4 is 28.5 Å². The van der Waals surface area contributed by atoms with Crippen molar-refractivity contribution in [2.24, 2.45) is 0 Å². The third-order valence-corrected chi connectivity index (χ3v) is 5.49. The van der Waals surface area contributed by atoms with Crippen LogP contribution in [0.2, 0.25) is 0 Å². The lowest BCUT2D eigenvalue weighted by Gasteiger charge is -2.16. The summed E-state index contributed by atoms with van der Waals surface area (Å²) in [5.41, 5.74) is 4.70. The second-order valence-corrected chi connectivity index (χ2v) is 7.45. The van der Waals surface area contributed by atoms with Gasteiger partial charge in [0.2, 0.25) is 0 Å². The van der Waals surface area contributed by atoms with Crippen molar-refractivity contribution in [3.8, 4) is 0 Å². The fourth-order valence-corrected chi connectivity index (χ4v) is 3.62. The lowest BCUT2D eigenvalue weighted by Crippen LogP contribution is -2.22. The van der Waals surface area contributed by atoms with Gasteiger partial charge in [-0.15, -0.1) is 0 Å². The Balaban J connectivity index is 1.77. The van der Waals surface area contributed by atoms with Gasteiger partial charge in [-0.25, -0.2) is 4.79 Å². The average molecular weight is 405 g/mol. The molecular weight excluding hydrogens is 376 g/mol. The Kier molecular flexibility index (Phi) is 6.83. The molecule has 0 saturated heterocycles. The summed E-state index contributed by atoms with van der Waals surface area (Å²) in [5, 5.41) is 3.61. The molecule has 1 N–H and O–H groups in total. The highest BCUT2D eigenvalue weighted by molar-refractivity contribution is 6.06. The molecule has 1 atom stereocenters. The fourth-order valence-electron chi connectivity index (χ4n) is 3.62. The second-order valence-electron chi connectivity index (χ2n) is 7.45. The van der Waals surface area contributed by atoms with Gasteiger partial charge < -0.3 is 10.1 Å². The third kappa shape index (κ3) is 4.51. The van der Waals surface area contributed by atoms with E-state index in [0.29, 0.717) is 17.9 Å². The molecule has 0 radical (unpaired) electrons. The molecule has 0 aliphatic heterocycles. The van der Waals surface area contributed by atoms with Gasteiger partial charge in [-0.3, -0.25) is 9.78 Å². The van der Waals surface area contributed by atoms with E-state index in [4.69, 9.17) is 4.74 Å². The molecule has 3 aromatic rings. The molecule has 0 spiro atoms. The zero-order chi connectivity index (χ0) is 21.7. The van der Waals surface area contributed by atoms with Crippen molar-refractivity contribution in [2.45, 2.75) is 46.5 Å². The molecule has 2 aromatic carbocycles. The molecule has 3 rings (SSSR count). The molecule has 1 aromatic heterocycles. The number of benzene rings is 2. The molecule has 0 fully saturated rings. The summed E-state index contributed by atoms with van der Waals surface area (Å²) in [4.78, 5) is 30.0. The van der Waals surface area contributed by atoms with Crippen LogP contribution in [-0.2, 0) is 16.0 Å². The van der Waals surface area contributed by atoms with E-state index < -0.39 is 5.97 Å². The number of ether oxygens (including phenoxy) is 1. The maximum Gasteiger partial charge on any atom is 0.339 e. The lowest BCUT2D eigenvalue weighted by atomic mass is 9.97. The standard InChI is InChI=1S/C25H28N2O3/c1-5-16(3)18-11-7-9-13-21(18)27-23(28)15-30-25(29)24-17(4)20(6-2)26-22-14-10-8-12-19(22)24/h7-14,16H,5-6,15H2,1-4H3,(H,27,28)/t16-/m1/s1. The number of esters is 1. The van der Waals surface area contributed by atoms with Gasteiger partial charge >= 0.3 is 5.97 Å². The molecule has 156 valence electrons. The predicted molar refractivity (Wildman–Crippen MR) is 120 cm³/mol. The molecule has 0 aliphatic rings. The van der Waals surface area contributed by atoms with Gasteiger partial charge in [0.1, 0.15) is 0 Å². The lowest BCUT2D eigenvalue weighted by molar-refractivity contribution is -0.119. The molecule has 0 aliphatic carbocycles. The summed E-state index contributed by atoms with van der Waals surface area (Å²) in [5.74, 6) is -0.542. The van der Waals surface area contributed by atoms with Crippen molar-refractivity contribution in [2.75, 3.05) is 11.9 Å². The van der Waals surface area contributed by atoms with E-state index in [1.165, 1.54) is 0 Å². The molecule has 30 heavy (non-hydrogen) atoms. The minimum Gasteiger partial charge on any atom is -0.452 e. The number of carbonyl (C=O) groups excluding carboxylic acids is 2. The van der Waals surface area contributed by atoms with Crippen molar-refractivity contribution in [3.05, 3.63) is 70.9 Å². The van der Waals surface area contributed by atoms with Crippen LogP contribution in [0, 0.1) is 6.92 Å². The summed E-state index contributed by atoms with van der Waals surface area (Å²) in [7, 11) is 0.